The highest BCUT2D eigenvalue weighted by Crippen LogP contribution is 2.17. The van der Waals surface area contributed by atoms with Crippen molar-refractivity contribution in [1.29, 1.82) is 0 Å². The van der Waals surface area contributed by atoms with Gasteiger partial charge in [0, 0.05) is 11.6 Å². The molecule has 0 aliphatic carbocycles. The van der Waals surface area contributed by atoms with Gasteiger partial charge in [-0.3, -0.25) is 9.69 Å². The second kappa shape index (κ2) is 7.25. The molecule has 1 rings (SSSR count). The molecule has 2 N–H and O–H groups in total. The van der Waals surface area contributed by atoms with Gasteiger partial charge in [-0.05, 0) is 73.0 Å². The lowest BCUT2D eigenvalue weighted by Gasteiger charge is -2.33. The number of carbonyl (C=O) groups is 1. The third kappa shape index (κ3) is 7.53. The molecule has 1 fully saturated rings. The van der Waals surface area contributed by atoms with Crippen LogP contribution in [0.2, 0.25) is 0 Å². The molecular weight excluding hydrogens is 238 g/mol. The molecule has 0 radical (unpaired) electrons. The molecule has 19 heavy (non-hydrogen) atoms. The number of hydrogen-bond acceptors (Lipinski definition) is 3. The fourth-order valence-corrected chi connectivity index (χ4v) is 2.37. The van der Waals surface area contributed by atoms with Gasteiger partial charge in [0.1, 0.15) is 0 Å². The molecule has 4 nitrogen and oxygen atoms in total. The Morgan fingerprint density at radius 1 is 1.26 bits per heavy atom. The number of nitrogens with one attached hydrogen (secondary N) is 2. The Morgan fingerprint density at radius 2 is 1.84 bits per heavy atom. The second-order valence-corrected chi connectivity index (χ2v) is 7.07. The minimum absolute atomic E-state index is 0.154. The van der Waals surface area contributed by atoms with Crippen LogP contribution in [0.25, 0.3) is 0 Å². The van der Waals surface area contributed by atoms with Crippen molar-refractivity contribution < 1.29 is 4.79 Å². The Kier molecular flexibility index (Phi) is 6.27. The zero-order valence-corrected chi connectivity index (χ0v) is 13.3. The van der Waals surface area contributed by atoms with Crippen molar-refractivity contribution in [3.63, 3.8) is 0 Å². The van der Waals surface area contributed by atoms with Crippen molar-refractivity contribution in [3.8, 4) is 0 Å². The monoisotopic (exact) mass is 269 g/mol. The third-order valence-electron chi connectivity index (χ3n) is 3.45. The van der Waals surface area contributed by atoms with Crippen molar-refractivity contribution in [2.45, 2.75) is 59.0 Å². The van der Waals surface area contributed by atoms with Gasteiger partial charge in [0.15, 0.2) is 0 Å². The van der Waals surface area contributed by atoms with Crippen LogP contribution in [0.3, 0.4) is 0 Å². The maximum atomic E-state index is 11.7. The van der Waals surface area contributed by atoms with E-state index in [0.29, 0.717) is 6.54 Å². The lowest BCUT2D eigenvalue weighted by molar-refractivity contribution is -0.123. The number of carbonyl (C=O) groups excluding carboxylic acids is 1. The summed E-state index contributed by atoms with van der Waals surface area (Å²) in [5.74, 6) is 0.907. The molecule has 0 aromatic rings. The first kappa shape index (κ1) is 16.4. The number of nitrogens with zero attached hydrogens (tertiary/aromatic N) is 1. The molecule has 0 atom stereocenters. The lowest BCUT2D eigenvalue weighted by atomic mass is 9.95. The second-order valence-electron chi connectivity index (χ2n) is 7.07. The van der Waals surface area contributed by atoms with E-state index >= 15 is 0 Å². The van der Waals surface area contributed by atoms with Crippen LogP contribution in [0, 0.1) is 5.92 Å². The SMILES string of the molecule is CC(C)NC(=O)CN1CCC(CNC(C)(C)C)CC1. The van der Waals surface area contributed by atoms with Crippen LogP contribution in [-0.4, -0.2) is 48.6 Å². The largest absolute Gasteiger partial charge is 0.353 e. The highest BCUT2D eigenvalue weighted by molar-refractivity contribution is 5.78. The molecule has 4 heteroatoms. The summed E-state index contributed by atoms with van der Waals surface area (Å²) in [4.78, 5) is 14.0. The average Bonchev–Trinajstić information content (AvgIpc) is 2.26. The quantitative estimate of drug-likeness (QED) is 0.797. The van der Waals surface area contributed by atoms with E-state index in [-0.39, 0.29) is 17.5 Å². The Balaban J connectivity index is 2.20. The topological polar surface area (TPSA) is 44.4 Å². The molecule has 0 spiro atoms. The summed E-state index contributed by atoms with van der Waals surface area (Å²) in [5.41, 5.74) is 0.203. The zero-order valence-electron chi connectivity index (χ0n) is 13.3. The molecule has 1 aliphatic heterocycles. The maximum absolute atomic E-state index is 11.7. The number of likely N-dealkylation sites (tertiary alicyclic amines) is 1. The Morgan fingerprint density at radius 3 is 2.32 bits per heavy atom. The lowest BCUT2D eigenvalue weighted by Crippen LogP contribution is -2.46. The van der Waals surface area contributed by atoms with E-state index in [1.54, 1.807) is 0 Å². The standard InChI is InChI=1S/C15H31N3O/c1-12(2)17-14(19)11-18-8-6-13(7-9-18)10-16-15(3,4)5/h12-13,16H,6-11H2,1-5H3,(H,17,19). The number of piperidine rings is 1. The van der Waals surface area contributed by atoms with E-state index in [1.165, 1.54) is 12.8 Å². The van der Waals surface area contributed by atoms with Crippen molar-refractivity contribution in [2.24, 2.45) is 5.92 Å². The number of rotatable bonds is 5. The molecule has 0 aromatic carbocycles. The molecule has 0 saturated carbocycles. The van der Waals surface area contributed by atoms with Crippen LogP contribution < -0.4 is 10.6 Å². The van der Waals surface area contributed by atoms with Crippen molar-refractivity contribution in [3.05, 3.63) is 0 Å². The molecule has 1 saturated heterocycles. The molecule has 1 heterocycles. The predicted octanol–water partition coefficient (Wildman–Crippen LogP) is 1.61. The van der Waals surface area contributed by atoms with E-state index in [2.05, 4.69) is 36.3 Å². The summed E-state index contributed by atoms with van der Waals surface area (Å²) in [6.45, 7) is 14.4. The van der Waals surface area contributed by atoms with Crippen LogP contribution in [0.4, 0.5) is 0 Å². The van der Waals surface area contributed by atoms with Crippen LogP contribution in [0.5, 0.6) is 0 Å². The van der Waals surface area contributed by atoms with Gasteiger partial charge in [0.25, 0.3) is 0 Å². The van der Waals surface area contributed by atoms with Gasteiger partial charge >= 0.3 is 0 Å². The van der Waals surface area contributed by atoms with E-state index in [9.17, 15) is 4.79 Å². The highest BCUT2D eigenvalue weighted by Gasteiger charge is 2.22. The first-order chi connectivity index (χ1) is 8.76. The van der Waals surface area contributed by atoms with Crippen molar-refractivity contribution in [1.82, 2.24) is 15.5 Å². The van der Waals surface area contributed by atoms with Crippen molar-refractivity contribution >= 4 is 5.91 Å². The van der Waals surface area contributed by atoms with Crippen LogP contribution in [0.15, 0.2) is 0 Å². The van der Waals surface area contributed by atoms with Crippen molar-refractivity contribution in [2.75, 3.05) is 26.2 Å². The fourth-order valence-electron chi connectivity index (χ4n) is 2.37. The Hall–Kier alpha value is -0.610. The average molecular weight is 269 g/mol. The molecule has 112 valence electrons. The first-order valence-corrected chi connectivity index (χ1v) is 7.53. The van der Waals surface area contributed by atoms with Gasteiger partial charge in [0.05, 0.1) is 6.54 Å². The molecular formula is C15H31N3O. The fraction of sp³-hybridized carbons (Fsp3) is 0.933. The molecule has 0 aromatic heterocycles. The van der Waals surface area contributed by atoms with Crippen LogP contribution in [0.1, 0.15) is 47.5 Å². The van der Waals surface area contributed by atoms with Crippen LogP contribution >= 0.6 is 0 Å². The van der Waals surface area contributed by atoms with Gasteiger partial charge in [-0.1, -0.05) is 0 Å². The molecule has 1 amide bonds. The number of amides is 1. The van der Waals surface area contributed by atoms with Gasteiger partial charge in [-0.2, -0.15) is 0 Å². The Labute approximate surface area is 118 Å². The van der Waals surface area contributed by atoms with E-state index in [1.807, 2.05) is 13.8 Å². The van der Waals surface area contributed by atoms with Gasteiger partial charge in [-0.25, -0.2) is 0 Å². The zero-order chi connectivity index (χ0) is 14.5. The Bertz CT molecular complexity index is 276. The van der Waals surface area contributed by atoms with E-state index < -0.39 is 0 Å². The van der Waals surface area contributed by atoms with E-state index in [0.717, 1.165) is 25.6 Å². The third-order valence-corrected chi connectivity index (χ3v) is 3.45. The predicted molar refractivity (Wildman–Crippen MR) is 80.2 cm³/mol. The smallest absolute Gasteiger partial charge is 0.234 e. The molecule has 0 unspecified atom stereocenters. The summed E-state index contributed by atoms with van der Waals surface area (Å²) < 4.78 is 0. The minimum atomic E-state index is 0.154. The summed E-state index contributed by atoms with van der Waals surface area (Å²) in [6, 6.07) is 0.237. The molecule has 1 aliphatic rings. The first-order valence-electron chi connectivity index (χ1n) is 7.53. The van der Waals surface area contributed by atoms with Crippen LogP contribution in [-0.2, 0) is 4.79 Å². The summed E-state index contributed by atoms with van der Waals surface area (Å²) in [5, 5.41) is 6.53. The summed E-state index contributed by atoms with van der Waals surface area (Å²) >= 11 is 0. The van der Waals surface area contributed by atoms with E-state index in [4.69, 9.17) is 0 Å². The maximum Gasteiger partial charge on any atom is 0.234 e. The van der Waals surface area contributed by atoms with Gasteiger partial charge in [0.2, 0.25) is 5.91 Å². The summed E-state index contributed by atoms with van der Waals surface area (Å²) in [7, 11) is 0. The summed E-state index contributed by atoms with van der Waals surface area (Å²) in [6.07, 6.45) is 2.38. The van der Waals surface area contributed by atoms with Gasteiger partial charge in [-0.15, -0.1) is 0 Å². The number of hydrogen-bond donors (Lipinski definition) is 2. The highest BCUT2D eigenvalue weighted by atomic mass is 16.2. The minimum Gasteiger partial charge on any atom is -0.353 e. The molecule has 0 bridgehead atoms. The van der Waals surface area contributed by atoms with Gasteiger partial charge < -0.3 is 10.6 Å². The normalized spacial score (nSPS) is 18.8.